The van der Waals surface area contributed by atoms with E-state index in [9.17, 15) is 9.59 Å². The minimum absolute atomic E-state index is 0.134. The number of hydrogen-bond donors (Lipinski definition) is 3. The van der Waals surface area contributed by atoms with Gasteiger partial charge in [0.05, 0.1) is 11.5 Å². The largest absolute Gasteiger partial charge is 0.395 e. The molecule has 2 aromatic heterocycles. The molecule has 0 aliphatic heterocycles. The molecule has 0 unspecified atom stereocenters. The predicted molar refractivity (Wildman–Crippen MR) is 84.2 cm³/mol. The molecule has 21 heavy (non-hydrogen) atoms. The molecule has 2 heterocycles. The minimum Gasteiger partial charge on any atom is -0.395 e. The maximum absolute atomic E-state index is 12.1. The first kappa shape index (κ1) is 15.4. The molecule has 3 N–H and O–H groups in total. The van der Waals surface area contributed by atoms with Gasteiger partial charge in [0.15, 0.2) is 0 Å². The van der Waals surface area contributed by atoms with Crippen molar-refractivity contribution in [3.05, 3.63) is 50.5 Å². The number of aliphatic hydroxyl groups is 1. The van der Waals surface area contributed by atoms with Gasteiger partial charge in [-0.15, -0.1) is 22.7 Å². The van der Waals surface area contributed by atoms with Gasteiger partial charge in [-0.05, 0) is 29.0 Å². The number of amides is 2. The Bertz CT molecular complexity index is 619. The fourth-order valence-corrected chi connectivity index (χ4v) is 2.81. The molecular formula is C14H14N2O3S2. The molecule has 0 saturated carbocycles. The van der Waals surface area contributed by atoms with Crippen molar-refractivity contribution >= 4 is 40.6 Å². The molecule has 0 aliphatic carbocycles. The van der Waals surface area contributed by atoms with Gasteiger partial charge in [0, 0.05) is 11.4 Å². The van der Waals surface area contributed by atoms with Crippen LogP contribution in [0.2, 0.25) is 0 Å². The molecule has 0 spiro atoms. The molecule has 110 valence electrons. The van der Waals surface area contributed by atoms with E-state index >= 15 is 0 Å². The van der Waals surface area contributed by atoms with Crippen LogP contribution in [0.5, 0.6) is 0 Å². The second-order valence-corrected chi connectivity index (χ2v) is 5.91. The predicted octanol–water partition coefficient (Wildman–Crippen LogP) is 1.69. The van der Waals surface area contributed by atoms with E-state index in [1.807, 2.05) is 17.5 Å². The molecule has 0 bridgehead atoms. The number of carbonyl (C=O) groups is 2. The summed E-state index contributed by atoms with van der Waals surface area (Å²) < 4.78 is 0. The number of rotatable bonds is 6. The van der Waals surface area contributed by atoms with Crippen LogP contribution in [0, 0.1) is 0 Å². The van der Waals surface area contributed by atoms with E-state index < -0.39 is 5.91 Å². The molecule has 7 heteroatoms. The fourth-order valence-electron chi connectivity index (χ4n) is 1.53. The molecule has 2 rings (SSSR count). The average molecular weight is 322 g/mol. The van der Waals surface area contributed by atoms with Crippen LogP contribution in [-0.4, -0.2) is 30.1 Å². The van der Waals surface area contributed by atoms with Gasteiger partial charge >= 0.3 is 0 Å². The monoisotopic (exact) mass is 322 g/mol. The molecule has 2 amide bonds. The molecule has 0 fully saturated rings. The van der Waals surface area contributed by atoms with Gasteiger partial charge < -0.3 is 15.7 Å². The van der Waals surface area contributed by atoms with Crippen molar-refractivity contribution in [2.45, 2.75) is 0 Å². The summed E-state index contributed by atoms with van der Waals surface area (Å²) in [5, 5.41) is 17.6. The Morgan fingerprint density at radius 1 is 1.19 bits per heavy atom. The number of hydrogen-bond acceptors (Lipinski definition) is 5. The van der Waals surface area contributed by atoms with Gasteiger partial charge in [0.25, 0.3) is 11.8 Å². The second kappa shape index (κ2) is 7.72. The summed E-state index contributed by atoms with van der Waals surface area (Å²) in [5.74, 6) is -0.755. The Morgan fingerprint density at radius 3 is 2.57 bits per heavy atom. The molecule has 2 aromatic rings. The quantitative estimate of drug-likeness (QED) is 0.708. The molecule has 5 nitrogen and oxygen atoms in total. The van der Waals surface area contributed by atoms with Crippen LogP contribution in [-0.2, 0) is 4.79 Å². The lowest BCUT2D eigenvalue weighted by atomic mass is 10.3. The SMILES string of the molecule is O=C(NCCO)C(=Cc1cccs1)NC(=O)c1cccs1. The van der Waals surface area contributed by atoms with Gasteiger partial charge in [0.2, 0.25) is 0 Å². The van der Waals surface area contributed by atoms with Crippen molar-refractivity contribution in [1.29, 1.82) is 0 Å². The highest BCUT2D eigenvalue weighted by atomic mass is 32.1. The molecule has 0 radical (unpaired) electrons. The molecule has 0 saturated heterocycles. The van der Waals surface area contributed by atoms with Crippen LogP contribution < -0.4 is 10.6 Å². The number of nitrogens with one attached hydrogen (secondary N) is 2. The lowest BCUT2D eigenvalue weighted by molar-refractivity contribution is -0.117. The van der Waals surface area contributed by atoms with Crippen molar-refractivity contribution in [2.24, 2.45) is 0 Å². The molecule has 0 aliphatic rings. The first-order valence-corrected chi connectivity index (χ1v) is 7.96. The number of thiophene rings is 2. The van der Waals surface area contributed by atoms with Crippen molar-refractivity contribution in [1.82, 2.24) is 10.6 Å². The van der Waals surface area contributed by atoms with Crippen molar-refractivity contribution < 1.29 is 14.7 Å². The summed E-state index contributed by atoms with van der Waals surface area (Å²) in [6.07, 6.45) is 1.61. The van der Waals surface area contributed by atoms with Crippen molar-refractivity contribution in [2.75, 3.05) is 13.2 Å². The van der Waals surface area contributed by atoms with E-state index in [1.165, 1.54) is 22.7 Å². The molecule has 0 atom stereocenters. The van der Waals surface area contributed by atoms with E-state index in [-0.39, 0.29) is 24.8 Å². The summed E-state index contributed by atoms with van der Waals surface area (Å²) in [6.45, 7) is -0.0214. The van der Waals surface area contributed by atoms with Gasteiger partial charge in [0.1, 0.15) is 5.70 Å². The third-order valence-corrected chi connectivity index (χ3v) is 4.15. The maximum Gasteiger partial charge on any atom is 0.267 e. The molecular weight excluding hydrogens is 308 g/mol. The highest BCUT2D eigenvalue weighted by Gasteiger charge is 2.15. The van der Waals surface area contributed by atoms with Crippen LogP contribution >= 0.6 is 22.7 Å². The average Bonchev–Trinajstić information content (AvgIpc) is 3.16. The first-order chi connectivity index (χ1) is 10.2. The van der Waals surface area contributed by atoms with Gasteiger partial charge in [-0.1, -0.05) is 12.1 Å². The fraction of sp³-hybridized carbons (Fsp3) is 0.143. The third kappa shape index (κ3) is 4.52. The molecule has 0 aromatic carbocycles. The Kier molecular flexibility index (Phi) is 5.68. The van der Waals surface area contributed by atoms with Crippen molar-refractivity contribution in [3.63, 3.8) is 0 Å². The minimum atomic E-state index is -0.428. The summed E-state index contributed by atoms with van der Waals surface area (Å²) in [4.78, 5) is 25.5. The van der Waals surface area contributed by atoms with Gasteiger partial charge in [-0.3, -0.25) is 9.59 Å². The van der Waals surface area contributed by atoms with E-state index in [2.05, 4.69) is 10.6 Å². The lowest BCUT2D eigenvalue weighted by Crippen LogP contribution is -2.35. The number of aliphatic hydroxyl groups excluding tert-OH is 1. The van der Waals surface area contributed by atoms with Crippen LogP contribution in [0.4, 0.5) is 0 Å². The topological polar surface area (TPSA) is 78.4 Å². The summed E-state index contributed by atoms with van der Waals surface area (Å²) in [6, 6.07) is 7.17. The zero-order chi connectivity index (χ0) is 15.1. The summed E-state index contributed by atoms with van der Waals surface area (Å²) in [5.41, 5.74) is 0.157. The normalized spacial score (nSPS) is 11.2. The summed E-state index contributed by atoms with van der Waals surface area (Å²) in [7, 11) is 0. The van der Waals surface area contributed by atoms with Crippen LogP contribution in [0.3, 0.4) is 0 Å². The Labute approximate surface area is 129 Å². The van der Waals surface area contributed by atoms with Crippen LogP contribution in [0.25, 0.3) is 6.08 Å². The van der Waals surface area contributed by atoms with E-state index in [0.29, 0.717) is 4.88 Å². The van der Waals surface area contributed by atoms with E-state index in [0.717, 1.165) is 4.88 Å². The van der Waals surface area contributed by atoms with E-state index in [4.69, 9.17) is 5.11 Å². The standard InChI is InChI=1S/C14H14N2O3S2/c17-6-5-15-13(18)11(9-10-3-1-7-20-10)16-14(19)12-4-2-8-21-12/h1-4,7-9,17H,5-6H2,(H,15,18)(H,16,19). The Balaban J connectivity index is 2.15. The van der Waals surface area contributed by atoms with Gasteiger partial charge in [-0.25, -0.2) is 0 Å². The Hall–Kier alpha value is -1.96. The third-order valence-electron chi connectivity index (χ3n) is 2.46. The number of carbonyl (C=O) groups excluding carboxylic acids is 2. The summed E-state index contributed by atoms with van der Waals surface area (Å²) >= 11 is 2.76. The lowest BCUT2D eigenvalue weighted by Gasteiger charge is -2.09. The zero-order valence-corrected chi connectivity index (χ0v) is 12.7. The second-order valence-electron chi connectivity index (χ2n) is 3.98. The highest BCUT2D eigenvalue weighted by Crippen LogP contribution is 2.14. The first-order valence-electron chi connectivity index (χ1n) is 6.20. The van der Waals surface area contributed by atoms with Crippen LogP contribution in [0.15, 0.2) is 40.7 Å². The Morgan fingerprint density at radius 2 is 1.95 bits per heavy atom. The zero-order valence-electron chi connectivity index (χ0n) is 11.0. The maximum atomic E-state index is 12.1. The van der Waals surface area contributed by atoms with Gasteiger partial charge in [-0.2, -0.15) is 0 Å². The van der Waals surface area contributed by atoms with Crippen LogP contribution in [0.1, 0.15) is 14.5 Å². The van der Waals surface area contributed by atoms with E-state index in [1.54, 1.807) is 23.6 Å². The van der Waals surface area contributed by atoms with Crippen molar-refractivity contribution in [3.8, 4) is 0 Å². The smallest absolute Gasteiger partial charge is 0.267 e. The highest BCUT2D eigenvalue weighted by molar-refractivity contribution is 7.12.